The predicted octanol–water partition coefficient (Wildman–Crippen LogP) is 2.35. The highest BCUT2D eigenvalue weighted by molar-refractivity contribution is 5.99. The summed E-state index contributed by atoms with van der Waals surface area (Å²) in [4.78, 5) is 24.4. The van der Waals surface area contributed by atoms with Gasteiger partial charge in [0.1, 0.15) is 0 Å². The molecule has 0 spiro atoms. The number of carbonyl (C=O) groups is 2. The number of carbonyl (C=O) groups excluding carboxylic acids is 2. The van der Waals surface area contributed by atoms with Gasteiger partial charge in [-0.1, -0.05) is 30.3 Å². The molecule has 0 radical (unpaired) electrons. The molecule has 0 saturated heterocycles. The quantitative estimate of drug-likeness (QED) is 0.350. The first-order chi connectivity index (χ1) is 11.6. The number of esters is 2. The van der Waals surface area contributed by atoms with E-state index in [2.05, 4.69) is 0 Å². The van der Waals surface area contributed by atoms with E-state index in [0.717, 1.165) is 5.56 Å². The molecule has 0 aliphatic rings. The molecule has 6 nitrogen and oxygen atoms in total. The molecular weight excluding hydrogens is 312 g/mol. The molecule has 0 aliphatic heterocycles. The van der Waals surface area contributed by atoms with E-state index in [1.54, 1.807) is 0 Å². The van der Waals surface area contributed by atoms with Gasteiger partial charge in [0.25, 0.3) is 0 Å². The topological polar surface area (TPSA) is 71.1 Å². The van der Waals surface area contributed by atoms with Crippen molar-refractivity contribution in [3.8, 4) is 0 Å². The van der Waals surface area contributed by atoms with E-state index in [1.165, 1.54) is 21.3 Å². The molecule has 0 N–H and O–H groups in total. The van der Waals surface area contributed by atoms with Crippen molar-refractivity contribution in [3.05, 3.63) is 35.9 Å². The highest BCUT2D eigenvalue weighted by Gasteiger charge is 2.47. The Morgan fingerprint density at radius 1 is 0.917 bits per heavy atom. The van der Waals surface area contributed by atoms with Crippen LogP contribution in [0.3, 0.4) is 0 Å². The van der Waals surface area contributed by atoms with Gasteiger partial charge < -0.3 is 18.9 Å². The summed E-state index contributed by atoms with van der Waals surface area (Å²) in [5.74, 6) is -1.20. The zero-order chi connectivity index (χ0) is 17.8. The molecule has 0 atom stereocenters. The van der Waals surface area contributed by atoms with Gasteiger partial charge in [-0.3, -0.25) is 9.59 Å². The molecule has 0 unspecified atom stereocenters. The van der Waals surface area contributed by atoms with Crippen molar-refractivity contribution < 1.29 is 28.5 Å². The summed E-state index contributed by atoms with van der Waals surface area (Å²) in [5, 5.41) is 0. The van der Waals surface area contributed by atoms with E-state index in [9.17, 15) is 9.59 Å². The molecule has 0 heterocycles. The van der Waals surface area contributed by atoms with Crippen molar-refractivity contribution in [2.75, 3.05) is 34.5 Å². The van der Waals surface area contributed by atoms with E-state index < -0.39 is 17.4 Å². The third-order valence-electron chi connectivity index (χ3n) is 3.89. The second-order valence-corrected chi connectivity index (χ2v) is 5.45. The Morgan fingerprint density at radius 3 is 2.08 bits per heavy atom. The maximum atomic E-state index is 12.2. The molecule has 1 aromatic rings. The van der Waals surface area contributed by atoms with Gasteiger partial charge in [0, 0.05) is 20.3 Å². The lowest BCUT2D eigenvalue weighted by molar-refractivity contribution is -0.171. The van der Waals surface area contributed by atoms with Gasteiger partial charge in [0.05, 0.1) is 20.8 Å². The Hall–Kier alpha value is -1.92. The minimum atomic E-state index is -1.35. The Kier molecular flexibility index (Phi) is 9.04. The van der Waals surface area contributed by atoms with Crippen molar-refractivity contribution in [3.63, 3.8) is 0 Å². The largest absolute Gasteiger partial charge is 0.468 e. The molecule has 6 heteroatoms. The van der Waals surface area contributed by atoms with Crippen LogP contribution in [0, 0.1) is 5.41 Å². The van der Waals surface area contributed by atoms with Gasteiger partial charge in [-0.2, -0.15) is 0 Å². The van der Waals surface area contributed by atoms with Crippen LogP contribution in [0.1, 0.15) is 24.8 Å². The number of ether oxygens (including phenoxy) is 4. The minimum absolute atomic E-state index is 0.210. The van der Waals surface area contributed by atoms with Gasteiger partial charge in [-0.25, -0.2) is 0 Å². The normalized spacial score (nSPS) is 11.1. The lowest BCUT2D eigenvalue weighted by Gasteiger charge is -2.27. The first-order valence-corrected chi connectivity index (χ1v) is 7.88. The van der Waals surface area contributed by atoms with E-state index in [0.29, 0.717) is 19.6 Å². The number of benzene rings is 1. The SMILES string of the molecule is COCCC(CCCOCc1ccccc1)(C(=O)OC)C(=O)OC. The van der Waals surface area contributed by atoms with Crippen molar-refractivity contribution in [1.82, 2.24) is 0 Å². The zero-order valence-corrected chi connectivity index (χ0v) is 14.6. The fraction of sp³-hybridized carbons (Fsp3) is 0.556. The van der Waals surface area contributed by atoms with Gasteiger partial charge in [0.2, 0.25) is 0 Å². The first kappa shape index (κ1) is 20.1. The molecule has 134 valence electrons. The summed E-state index contributed by atoms with van der Waals surface area (Å²) >= 11 is 0. The molecule has 0 bridgehead atoms. The lowest BCUT2D eigenvalue weighted by Crippen LogP contribution is -2.42. The fourth-order valence-corrected chi connectivity index (χ4v) is 2.52. The number of methoxy groups -OCH3 is 3. The number of hydrogen-bond acceptors (Lipinski definition) is 6. The summed E-state index contributed by atoms with van der Waals surface area (Å²) in [7, 11) is 4.04. The van der Waals surface area contributed by atoms with Crippen molar-refractivity contribution in [2.24, 2.45) is 5.41 Å². The van der Waals surface area contributed by atoms with E-state index in [1.807, 2.05) is 30.3 Å². The van der Waals surface area contributed by atoms with Crippen LogP contribution in [0.4, 0.5) is 0 Å². The Morgan fingerprint density at radius 2 is 1.54 bits per heavy atom. The predicted molar refractivity (Wildman–Crippen MR) is 88.3 cm³/mol. The smallest absolute Gasteiger partial charge is 0.323 e. The van der Waals surface area contributed by atoms with Crippen molar-refractivity contribution in [1.29, 1.82) is 0 Å². The van der Waals surface area contributed by atoms with E-state index in [-0.39, 0.29) is 19.4 Å². The van der Waals surface area contributed by atoms with E-state index >= 15 is 0 Å². The average Bonchev–Trinajstić information content (AvgIpc) is 2.63. The molecule has 0 amide bonds. The van der Waals surface area contributed by atoms with Gasteiger partial charge in [0.15, 0.2) is 5.41 Å². The van der Waals surface area contributed by atoms with Crippen LogP contribution in [0.25, 0.3) is 0 Å². The second-order valence-electron chi connectivity index (χ2n) is 5.45. The highest BCUT2D eigenvalue weighted by atomic mass is 16.5. The van der Waals surface area contributed by atoms with Crippen LogP contribution in [-0.4, -0.2) is 46.5 Å². The number of rotatable bonds is 11. The van der Waals surface area contributed by atoms with Gasteiger partial charge in [-0.15, -0.1) is 0 Å². The van der Waals surface area contributed by atoms with E-state index in [4.69, 9.17) is 18.9 Å². The summed E-state index contributed by atoms with van der Waals surface area (Å²) in [6, 6.07) is 9.80. The molecule has 0 aliphatic carbocycles. The molecule has 1 aromatic carbocycles. The van der Waals surface area contributed by atoms with Crippen LogP contribution in [0.5, 0.6) is 0 Å². The average molecular weight is 338 g/mol. The van der Waals surface area contributed by atoms with Gasteiger partial charge in [-0.05, 0) is 24.8 Å². The summed E-state index contributed by atoms with van der Waals surface area (Å²) in [6.07, 6.45) is 1.02. The molecule has 0 fully saturated rings. The number of hydrogen-bond donors (Lipinski definition) is 0. The van der Waals surface area contributed by atoms with Crippen LogP contribution >= 0.6 is 0 Å². The molecule has 0 saturated carbocycles. The maximum absolute atomic E-state index is 12.2. The summed E-state index contributed by atoms with van der Waals surface area (Å²) in [5.41, 5.74) is -0.278. The standard InChI is InChI=1S/C18H26O6/c1-21-13-11-18(16(19)22-2,17(20)23-3)10-7-12-24-14-15-8-5-4-6-9-15/h4-6,8-9H,7,10-14H2,1-3H3. The minimum Gasteiger partial charge on any atom is -0.468 e. The van der Waals surface area contributed by atoms with Gasteiger partial charge >= 0.3 is 11.9 Å². The summed E-state index contributed by atoms with van der Waals surface area (Å²) in [6.45, 7) is 1.18. The van der Waals surface area contributed by atoms with Crippen LogP contribution in [-0.2, 0) is 35.1 Å². The van der Waals surface area contributed by atoms with Crippen molar-refractivity contribution in [2.45, 2.75) is 25.9 Å². The maximum Gasteiger partial charge on any atom is 0.323 e. The molecule has 1 rings (SSSR count). The lowest BCUT2D eigenvalue weighted by atomic mass is 9.80. The van der Waals surface area contributed by atoms with Crippen LogP contribution in [0.15, 0.2) is 30.3 Å². The second kappa shape index (κ2) is 10.8. The van der Waals surface area contributed by atoms with Crippen molar-refractivity contribution >= 4 is 11.9 Å². The highest BCUT2D eigenvalue weighted by Crippen LogP contribution is 2.32. The Labute approximate surface area is 143 Å². The Balaban J connectivity index is 2.60. The monoisotopic (exact) mass is 338 g/mol. The summed E-state index contributed by atoms with van der Waals surface area (Å²) < 4.78 is 20.3. The molecule has 0 aromatic heterocycles. The molecular formula is C18H26O6. The molecule has 24 heavy (non-hydrogen) atoms. The zero-order valence-electron chi connectivity index (χ0n) is 14.6. The first-order valence-electron chi connectivity index (χ1n) is 7.88. The fourth-order valence-electron chi connectivity index (χ4n) is 2.52. The van der Waals surface area contributed by atoms with Crippen LogP contribution in [0.2, 0.25) is 0 Å². The third kappa shape index (κ3) is 5.62. The van der Waals surface area contributed by atoms with Crippen LogP contribution < -0.4 is 0 Å². The Bertz CT molecular complexity index is 483. The third-order valence-corrected chi connectivity index (χ3v) is 3.89.